The van der Waals surface area contributed by atoms with Crippen molar-refractivity contribution in [1.29, 1.82) is 0 Å². The largest absolute Gasteiger partial charge is 0.274 e. The van der Waals surface area contributed by atoms with E-state index < -0.39 is 27.3 Å². The highest BCUT2D eigenvalue weighted by atomic mass is 35.5. The summed E-state index contributed by atoms with van der Waals surface area (Å²) in [5.41, 5.74) is -0.751. The minimum atomic E-state index is -4.17. The van der Waals surface area contributed by atoms with Gasteiger partial charge in [0.2, 0.25) is 0 Å². The second-order valence-electron chi connectivity index (χ2n) is 3.78. The number of rotatable bonds is 3. The lowest BCUT2D eigenvalue weighted by Crippen LogP contribution is -2.15. The van der Waals surface area contributed by atoms with Crippen molar-refractivity contribution in [3.8, 4) is 0 Å². The Labute approximate surface area is 124 Å². The lowest BCUT2D eigenvalue weighted by molar-refractivity contribution is 0.583. The van der Waals surface area contributed by atoms with Crippen LogP contribution in [-0.2, 0) is 10.0 Å². The predicted octanol–water partition coefficient (Wildman–Crippen LogP) is 4.07. The number of anilines is 1. The molecule has 0 aliphatic rings. The van der Waals surface area contributed by atoms with Gasteiger partial charge in [-0.3, -0.25) is 4.72 Å². The minimum Gasteiger partial charge on any atom is -0.274 e. The van der Waals surface area contributed by atoms with Gasteiger partial charge in [-0.2, -0.15) is 0 Å². The van der Waals surface area contributed by atoms with Crippen LogP contribution in [0.1, 0.15) is 0 Å². The zero-order chi connectivity index (χ0) is 14.9. The maximum absolute atomic E-state index is 13.4. The van der Waals surface area contributed by atoms with Crippen molar-refractivity contribution in [2.45, 2.75) is 4.90 Å². The third kappa shape index (κ3) is 3.03. The van der Waals surface area contributed by atoms with E-state index in [2.05, 4.69) is 0 Å². The average Bonchev–Trinajstić information content (AvgIpc) is 2.37. The number of halogens is 4. The summed E-state index contributed by atoms with van der Waals surface area (Å²) in [4.78, 5) is -0.255. The van der Waals surface area contributed by atoms with Crippen molar-refractivity contribution < 1.29 is 17.2 Å². The summed E-state index contributed by atoms with van der Waals surface area (Å²) in [5, 5.41) is 0.186. The smallest absolute Gasteiger partial charge is 0.262 e. The molecule has 3 nitrogen and oxygen atoms in total. The van der Waals surface area contributed by atoms with E-state index in [9.17, 15) is 17.2 Å². The van der Waals surface area contributed by atoms with Gasteiger partial charge in [-0.15, -0.1) is 0 Å². The lowest BCUT2D eigenvalue weighted by Gasteiger charge is -2.10. The summed E-state index contributed by atoms with van der Waals surface area (Å²) in [6, 6.07) is 6.55. The molecule has 0 aliphatic carbocycles. The van der Waals surface area contributed by atoms with Crippen molar-refractivity contribution >= 4 is 38.9 Å². The van der Waals surface area contributed by atoms with Crippen molar-refractivity contribution in [2.24, 2.45) is 0 Å². The Morgan fingerprint density at radius 1 is 0.950 bits per heavy atom. The van der Waals surface area contributed by atoms with Crippen molar-refractivity contribution in [3.63, 3.8) is 0 Å². The van der Waals surface area contributed by atoms with Gasteiger partial charge in [-0.1, -0.05) is 29.3 Å². The van der Waals surface area contributed by atoms with Crippen LogP contribution in [-0.4, -0.2) is 8.42 Å². The molecule has 0 spiro atoms. The molecule has 1 N–H and O–H groups in total. The third-order valence-electron chi connectivity index (χ3n) is 2.40. The standard InChI is InChI=1S/C12H7Cl2F2NO2S/c13-8-5-4-7(6-9(8)14)20(18,19)17-12-10(15)2-1-3-11(12)16/h1-6,17H. The van der Waals surface area contributed by atoms with Gasteiger partial charge in [0.15, 0.2) is 0 Å². The number of hydrogen-bond acceptors (Lipinski definition) is 2. The van der Waals surface area contributed by atoms with E-state index in [1.807, 2.05) is 4.72 Å². The third-order valence-corrected chi connectivity index (χ3v) is 4.49. The van der Waals surface area contributed by atoms with Gasteiger partial charge < -0.3 is 0 Å². The minimum absolute atomic E-state index is 0.0172. The molecule has 106 valence electrons. The Morgan fingerprint density at radius 3 is 2.10 bits per heavy atom. The zero-order valence-corrected chi connectivity index (χ0v) is 12.0. The SMILES string of the molecule is O=S(=O)(Nc1c(F)cccc1F)c1ccc(Cl)c(Cl)c1. The van der Waals surface area contributed by atoms with Gasteiger partial charge in [-0.05, 0) is 30.3 Å². The first-order valence-corrected chi connectivity index (χ1v) is 7.47. The summed E-state index contributed by atoms with van der Waals surface area (Å²) in [7, 11) is -4.17. The first-order valence-electron chi connectivity index (χ1n) is 5.23. The van der Waals surface area contributed by atoms with Crippen molar-refractivity contribution in [2.75, 3.05) is 4.72 Å². The molecule has 2 aromatic rings. The highest BCUT2D eigenvalue weighted by molar-refractivity contribution is 7.92. The van der Waals surface area contributed by atoms with Crippen LogP contribution in [0, 0.1) is 11.6 Å². The topological polar surface area (TPSA) is 46.2 Å². The highest BCUT2D eigenvalue weighted by Gasteiger charge is 2.19. The van der Waals surface area contributed by atoms with Crippen LogP contribution in [0.3, 0.4) is 0 Å². The molecule has 0 unspecified atom stereocenters. The lowest BCUT2D eigenvalue weighted by atomic mass is 10.3. The molecular formula is C12H7Cl2F2NO2S. The van der Waals surface area contributed by atoms with E-state index in [1.165, 1.54) is 12.1 Å². The van der Waals surface area contributed by atoms with Crippen LogP contribution in [0.25, 0.3) is 0 Å². The fourth-order valence-corrected chi connectivity index (χ4v) is 2.90. The van der Waals surface area contributed by atoms with Crippen LogP contribution in [0.15, 0.2) is 41.3 Å². The molecule has 20 heavy (non-hydrogen) atoms. The molecule has 0 radical (unpaired) electrons. The van der Waals surface area contributed by atoms with Crippen molar-refractivity contribution in [3.05, 3.63) is 58.1 Å². The van der Waals surface area contributed by atoms with Gasteiger partial charge in [0, 0.05) is 0 Å². The van der Waals surface area contributed by atoms with E-state index in [0.29, 0.717) is 0 Å². The molecule has 0 aliphatic heterocycles. The summed E-state index contributed by atoms with van der Waals surface area (Å²) in [6.45, 7) is 0. The number of para-hydroxylation sites is 1. The number of sulfonamides is 1. The Bertz CT molecular complexity index is 746. The number of benzene rings is 2. The van der Waals surface area contributed by atoms with Gasteiger partial charge in [-0.25, -0.2) is 17.2 Å². The van der Waals surface area contributed by atoms with Gasteiger partial charge in [0.05, 0.1) is 14.9 Å². The summed E-state index contributed by atoms with van der Waals surface area (Å²) in [5.74, 6) is -2.04. The highest BCUT2D eigenvalue weighted by Crippen LogP contribution is 2.27. The second kappa shape index (κ2) is 5.55. The molecule has 0 bridgehead atoms. The quantitative estimate of drug-likeness (QED) is 0.917. The molecule has 0 heterocycles. The average molecular weight is 338 g/mol. The van der Waals surface area contributed by atoms with E-state index in [1.54, 1.807) is 0 Å². The molecule has 0 atom stereocenters. The Hall–Kier alpha value is -1.37. The van der Waals surface area contributed by atoms with E-state index >= 15 is 0 Å². The molecule has 0 fully saturated rings. The molecule has 2 rings (SSSR count). The Morgan fingerprint density at radius 2 is 1.55 bits per heavy atom. The molecule has 8 heteroatoms. The Balaban J connectivity index is 2.43. The Kier molecular flexibility index (Phi) is 4.17. The second-order valence-corrected chi connectivity index (χ2v) is 6.27. The normalized spacial score (nSPS) is 11.4. The van der Waals surface area contributed by atoms with E-state index in [0.717, 1.165) is 24.3 Å². The van der Waals surface area contributed by atoms with Crippen LogP contribution < -0.4 is 4.72 Å². The molecular weight excluding hydrogens is 331 g/mol. The fraction of sp³-hybridized carbons (Fsp3) is 0. The summed E-state index contributed by atoms with van der Waals surface area (Å²) >= 11 is 11.4. The fourth-order valence-electron chi connectivity index (χ4n) is 1.43. The maximum Gasteiger partial charge on any atom is 0.262 e. The molecule has 0 amide bonds. The van der Waals surface area contributed by atoms with Gasteiger partial charge in [0.25, 0.3) is 10.0 Å². The van der Waals surface area contributed by atoms with E-state index in [4.69, 9.17) is 23.2 Å². The predicted molar refractivity (Wildman–Crippen MR) is 73.6 cm³/mol. The molecule has 0 saturated heterocycles. The van der Waals surface area contributed by atoms with Crippen LogP contribution >= 0.6 is 23.2 Å². The molecule has 2 aromatic carbocycles. The molecule has 0 aromatic heterocycles. The first kappa shape index (κ1) is 15.0. The van der Waals surface area contributed by atoms with Gasteiger partial charge >= 0.3 is 0 Å². The van der Waals surface area contributed by atoms with Gasteiger partial charge in [0.1, 0.15) is 17.3 Å². The molecule has 0 saturated carbocycles. The first-order chi connectivity index (χ1) is 9.31. The number of hydrogen-bond donors (Lipinski definition) is 1. The van der Waals surface area contributed by atoms with Crippen LogP contribution in [0.4, 0.5) is 14.5 Å². The maximum atomic E-state index is 13.4. The van der Waals surface area contributed by atoms with Crippen LogP contribution in [0.2, 0.25) is 10.0 Å². The summed E-state index contributed by atoms with van der Waals surface area (Å²) < 4.78 is 52.7. The monoisotopic (exact) mass is 337 g/mol. The van der Waals surface area contributed by atoms with E-state index in [-0.39, 0.29) is 14.9 Å². The van der Waals surface area contributed by atoms with Crippen LogP contribution in [0.5, 0.6) is 0 Å². The number of nitrogens with one attached hydrogen (secondary N) is 1. The van der Waals surface area contributed by atoms with Crippen molar-refractivity contribution in [1.82, 2.24) is 0 Å². The summed E-state index contributed by atoms with van der Waals surface area (Å²) in [6.07, 6.45) is 0. The zero-order valence-electron chi connectivity index (χ0n) is 9.70.